The fourth-order valence-electron chi connectivity index (χ4n) is 2.68. The number of aryl methyl sites for hydroxylation is 3. The second-order valence-corrected chi connectivity index (χ2v) is 6.91. The molecular formula is C18H24N2O. The molecule has 0 saturated carbocycles. The summed E-state index contributed by atoms with van der Waals surface area (Å²) in [6.45, 7) is 14.2. The largest absolute Gasteiger partial charge is 0.310 e. The van der Waals surface area contributed by atoms with Gasteiger partial charge in [-0.05, 0) is 38.8 Å². The zero-order valence-electron chi connectivity index (χ0n) is 14.0. The number of H-pyrrole nitrogens is 1. The van der Waals surface area contributed by atoms with E-state index in [-0.39, 0.29) is 11.0 Å². The highest BCUT2D eigenvalue weighted by molar-refractivity contribution is 5.70. The lowest BCUT2D eigenvalue weighted by atomic mass is 9.92. The summed E-state index contributed by atoms with van der Waals surface area (Å²) in [5.41, 5.74) is 5.87. The van der Waals surface area contributed by atoms with Crippen molar-refractivity contribution in [3.63, 3.8) is 0 Å². The van der Waals surface area contributed by atoms with Gasteiger partial charge in [0.2, 0.25) is 0 Å². The second kappa shape index (κ2) is 5.14. The molecule has 0 aliphatic carbocycles. The Morgan fingerprint density at radius 1 is 1.00 bits per heavy atom. The smallest absolute Gasteiger partial charge is 0.254 e. The van der Waals surface area contributed by atoms with E-state index in [2.05, 4.69) is 58.7 Å². The Bertz CT molecular complexity index is 726. The lowest BCUT2D eigenvalue weighted by molar-refractivity contribution is 0.542. The van der Waals surface area contributed by atoms with Crippen LogP contribution in [0.25, 0.3) is 11.3 Å². The van der Waals surface area contributed by atoms with Crippen molar-refractivity contribution >= 4 is 0 Å². The van der Waals surface area contributed by atoms with Gasteiger partial charge in [-0.3, -0.25) is 4.79 Å². The van der Waals surface area contributed by atoms with Gasteiger partial charge in [0.15, 0.2) is 0 Å². The van der Waals surface area contributed by atoms with Crippen LogP contribution >= 0.6 is 0 Å². The van der Waals surface area contributed by atoms with Crippen molar-refractivity contribution in [3.8, 4) is 11.3 Å². The van der Waals surface area contributed by atoms with Crippen molar-refractivity contribution in [1.29, 1.82) is 0 Å². The predicted octanol–water partition coefficient (Wildman–Crippen LogP) is 3.97. The topological polar surface area (TPSA) is 45.8 Å². The molecule has 3 nitrogen and oxygen atoms in total. The van der Waals surface area contributed by atoms with E-state index in [1.54, 1.807) is 0 Å². The molecule has 2 rings (SSSR count). The molecule has 0 saturated heterocycles. The molecule has 0 atom stereocenters. The van der Waals surface area contributed by atoms with Crippen molar-refractivity contribution < 1.29 is 0 Å². The number of benzene rings is 1. The Kier molecular flexibility index (Phi) is 3.79. The standard InChI is InChI=1S/C18H24N2O/c1-10-8-11(2)14(12(3)9-10)15-13(4)16(21)20-17(19-15)18(5,6)7/h8-9H,1-7H3,(H,19,20,21). The Morgan fingerprint density at radius 3 is 2.00 bits per heavy atom. The number of hydrogen-bond acceptors (Lipinski definition) is 2. The molecule has 0 aliphatic heterocycles. The Balaban J connectivity index is 2.82. The summed E-state index contributed by atoms with van der Waals surface area (Å²) in [6.07, 6.45) is 0. The molecule has 3 heteroatoms. The Labute approximate surface area is 126 Å². The molecule has 2 aromatic rings. The highest BCUT2D eigenvalue weighted by atomic mass is 16.1. The zero-order chi connectivity index (χ0) is 15.9. The van der Waals surface area contributed by atoms with Crippen LogP contribution < -0.4 is 5.56 Å². The maximum Gasteiger partial charge on any atom is 0.254 e. The van der Waals surface area contributed by atoms with Gasteiger partial charge in [0.25, 0.3) is 5.56 Å². The lowest BCUT2D eigenvalue weighted by Gasteiger charge is -2.20. The Morgan fingerprint density at radius 2 is 1.52 bits per heavy atom. The SMILES string of the molecule is Cc1cc(C)c(-c2nc(C(C)(C)C)[nH]c(=O)c2C)c(C)c1. The van der Waals surface area contributed by atoms with Crippen LogP contribution in [0.2, 0.25) is 0 Å². The molecule has 0 amide bonds. The van der Waals surface area contributed by atoms with Gasteiger partial charge in [-0.15, -0.1) is 0 Å². The zero-order valence-corrected chi connectivity index (χ0v) is 14.0. The van der Waals surface area contributed by atoms with Crippen molar-refractivity contribution in [3.05, 3.63) is 50.6 Å². The highest BCUT2D eigenvalue weighted by Crippen LogP contribution is 2.29. The third kappa shape index (κ3) is 2.92. The molecule has 0 fully saturated rings. The minimum absolute atomic E-state index is 0.0516. The first kappa shape index (κ1) is 15.5. The normalized spacial score (nSPS) is 11.8. The fraction of sp³-hybridized carbons (Fsp3) is 0.444. The molecule has 0 unspecified atom stereocenters. The number of hydrogen-bond donors (Lipinski definition) is 1. The first-order valence-corrected chi connectivity index (χ1v) is 7.31. The van der Waals surface area contributed by atoms with Gasteiger partial charge in [0.1, 0.15) is 5.82 Å². The van der Waals surface area contributed by atoms with Crippen molar-refractivity contribution in [1.82, 2.24) is 9.97 Å². The van der Waals surface area contributed by atoms with E-state index in [1.807, 2.05) is 6.92 Å². The summed E-state index contributed by atoms with van der Waals surface area (Å²) < 4.78 is 0. The van der Waals surface area contributed by atoms with Crippen LogP contribution in [0.15, 0.2) is 16.9 Å². The van der Waals surface area contributed by atoms with Gasteiger partial charge in [-0.25, -0.2) is 4.98 Å². The summed E-state index contributed by atoms with van der Waals surface area (Å²) in [6, 6.07) is 4.28. The molecule has 0 spiro atoms. The van der Waals surface area contributed by atoms with Gasteiger partial charge in [0, 0.05) is 16.5 Å². The monoisotopic (exact) mass is 284 g/mol. The fourth-order valence-corrected chi connectivity index (χ4v) is 2.68. The van der Waals surface area contributed by atoms with E-state index in [0.717, 1.165) is 28.2 Å². The van der Waals surface area contributed by atoms with Crippen LogP contribution in [0, 0.1) is 27.7 Å². The first-order valence-electron chi connectivity index (χ1n) is 7.31. The van der Waals surface area contributed by atoms with Crippen LogP contribution in [-0.4, -0.2) is 9.97 Å². The van der Waals surface area contributed by atoms with Crippen molar-refractivity contribution in [2.24, 2.45) is 0 Å². The molecule has 1 heterocycles. The van der Waals surface area contributed by atoms with Gasteiger partial charge < -0.3 is 4.98 Å². The highest BCUT2D eigenvalue weighted by Gasteiger charge is 2.21. The summed E-state index contributed by atoms with van der Waals surface area (Å²) in [5.74, 6) is 0.729. The van der Waals surface area contributed by atoms with Crippen molar-refractivity contribution in [2.75, 3.05) is 0 Å². The number of aromatic nitrogens is 2. The van der Waals surface area contributed by atoms with E-state index in [4.69, 9.17) is 4.98 Å². The summed E-state index contributed by atoms with van der Waals surface area (Å²) in [4.78, 5) is 20.0. The molecule has 0 aliphatic rings. The van der Waals surface area contributed by atoms with E-state index in [9.17, 15) is 4.79 Å². The number of aromatic amines is 1. The maximum atomic E-state index is 12.3. The summed E-state index contributed by atoms with van der Waals surface area (Å²) in [5, 5.41) is 0. The average Bonchev–Trinajstić information content (AvgIpc) is 2.31. The van der Waals surface area contributed by atoms with Crippen LogP contribution in [0.5, 0.6) is 0 Å². The second-order valence-electron chi connectivity index (χ2n) is 6.91. The quantitative estimate of drug-likeness (QED) is 0.861. The molecule has 1 N–H and O–H groups in total. The molecular weight excluding hydrogens is 260 g/mol. The minimum atomic E-state index is -0.186. The van der Waals surface area contributed by atoms with Crippen LogP contribution in [0.4, 0.5) is 0 Å². The van der Waals surface area contributed by atoms with E-state index in [1.165, 1.54) is 5.56 Å². The lowest BCUT2D eigenvalue weighted by Crippen LogP contribution is -2.24. The Hall–Kier alpha value is -1.90. The third-order valence-electron chi connectivity index (χ3n) is 3.78. The van der Waals surface area contributed by atoms with Crippen LogP contribution in [0.3, 0.4) is 0 Å². The van der Waals surface area contributed by atoms with Gasteiger partial charge in [0.05, 0.1) is 5.69 Å². The van der Waals surface area contributed by atoms with E-state index < -0.39 is 0 Å². The molecule has 0 radical (unpaired) electrons. The number of nitrogens with zero attached hydrogens (tertiary/aromatic N) is 1. The van der Waals surface area contributed by atoms with Gasteiger partial charge in [-0.1, -0.05) is 38.5 Å². The van der Waals surface area contributed by atoms with Crippen molar-refractivity contribution in [2.45, 2.75) is 53.9 Å². The maximum absolute atomic E-state index is 12.3. The summed E-state index contributed by atoms with van der Waals surface area (Å²) >= 11 is 0. The van der Waals surface area contributed by atoms with E-state index >= 15 is 0 Å². The van der Waals surface area contributed by atoms with Gasteiger partial charge >= 0.3 is 0 Å². The summed E-state index contributed by atoms with van der Waals surface area (Å²) in [7, 11) is 0. The van der Waals surface area contributed by atoms with Crippen LogP contribution in [0.1, 0.15) is 48.8 Å². The molecule has 21 heavy (non-hydrogen) atoms. The average molecular weight is 284 g/mol. The van der Waals surface area contributed by atoms with E-state index in [0.29, 0.717) is 5.56 Å². The first-order chi connectivity index (χ1) is 9.61. The minimum Gasteiger partial charge on any atom is -0.310 e. The molecule has 0 bridgehead atoms. The molecule has 1 aromatic carbocycles. The molecule has 112 valence electrons. The number of nitrogens with one attached hydrogen (secondary N) is 1. The number of rotatable bonds is 1. The molecule has 1 aromatic heterocycles. The third-order valence-corrected chi connectivity index (χ3v) is 3.78. The van der Waals surface area contributed by atoms with Gasteiger partial charge in [-0.2, -0.15) is 0 Å². The predicted molar refractivity (Wildman–Crippen MR) is 87.9 cm³/mol. The van der Waals surface area contributed by atoms with Crippen LogP contribution in [-0.2, 0) is 5.41 Å².